The molecule has 138 valence electrons. The van der Waals surface area contributed by atoms with E-state index in [1.54, 1.807) is 6.92 Å². The Hall–Kier alpha value is -1.72. The Morgan fingerprint density at radius 2 is 1.76 bits per heavy atom. The normalized spacial score (nSPS) is 26.3. The molecule has 1 aromatic rings. The minimum Gasteiger partial charge on any atom is -0.465 e. The standard InChI is InChI=1S/C20H28O5/c1-5-25-19(24)20(7-6-16(21)17(22)11-20)18(23)10-15-13(3)8-12(2)9-14(15)4/h8-9,16-17,21-22H,5-7,10-11H2,1-4H3. The zero-order chi connectivity index (χ0) is 18.8. The molecule has 0 bridgehead atoms. The van der Waals surface area contributed by atoms with Crippen LogP contribution in [0.25, 0.3) is 0 Å². The third-order valence-electron chi connectivity index (χ3n) is 5.25. The van der Waals surface area contributed by atoms with E-state index in [0.717, 1.165) is 22.3 Å². The average Bonchev–Trinajstić information content (AvgIpc) is 2.53. The lowest BCUT2D eigenvalue weighted by Gasteiger charge is -2.38. The van der Waals surface area contributed by atoms with Gasteiger partial charge >= 0.3 is 5.97 Å². The van der Waals surface area contributed by atoms with E-state index in [2.05, 4.69) is 0 Å². The molecular formula is C20H28O5. The van der Waals surface area contributed by atoms with Crippen LogP contribution in [0, 0.1) is 26.2 Å². The molecule has 0 aliphatic heterocycles. The number of hydrogen-bond donors (Lipinski definition) is 2. The van der Waals surface area contributed by atoms with Crippen LogP contribution in [0.4, 0.5) is 0 Å². The summed E-state index contributed by atoms with van der Waals surface area (Å²) in [6.45, 7) is 7.79. The molecule has 2 rings (SSSR count). The summed E-state index contributed by atoms with van der Waals surface area (Å²) < 4.78 is 5.15. The van der Waals surface area contributed by atoms with E-state index in [4.69, 9.17) is 4.74 Å². The van der Waals surface area contributed by atoms with Crippen LogP contribution in [0.5, 0.6) is 0 Å². The summed E-state index contributed by atoms with van der Waals surface area (Å²) in [4.78, 5) is 25.7. The first kappa shape index (κ1) is 19.6. The minimum absolute atomic E-state index is 0.0875. The van der Waals surface area contributed by atoms with Gasteiger partial charge in [-0.1, -0.05) is 17.7 Å². The Labute approximate surface area is 149 Å². The van der Waals surface area contributed by atoms with Gasteiger partial charge in [-0.15, -0.1) is 0 Å². The summed E-state index contributed by atoms with van der Waals surface area (Å²) in [7, 11) is 0. The second kappa shape index (κ2) is 7.67. The molecule has 0 saturated heterocycles. The molecule has 3 atom stereocenters. The van der Waals surface area contributed by atoms with Gasteiger partial charge in [0.05, 0.1) is 18.8 Å². The van der Waals surface area contributed by atoms with Crippen molar-refractivity contribution in [3.8, 4) is 0 Å². The summed E-state index contributed by atoms with van der Waals surface area (Å²) in [5.74, 6) is -0.833. The SMILES string of the molecule is CCOC(=O)C1(C(=O)Cc2c(C)cc(C)cc2C)CCC(O)C(O)C1. The molecule has 0 aromatic heterocycles. The molecule has 5 nitrogen and oxygen atoms in total. The van der Waals surface area contributed by atoms with E-state index in [1.165, 1.54) is 0 Å². The number of ether oxygens (including phenoxy) is 1. The molecule has 0 amide bonds. The number of rotatable bonds is 5. The molecule has 1 saturated carbocycles. The number of Topliss-reactive ketones (excluding diaryl/α,β-unsaturated/α-hetero) is 1. The van der Waals surface area contributed by atoms with Crippen LogP contribution in [-0.4, -0.2) is 40.8 Å². The Kier molecular flexibility index (Phi) is 6.01. The van der Waals surface area contributed by atoms with Gasteiger partial charge in [-0.05, 0) is 63.6 Å². The van der Waals surface area contributed by atoms with Gasteiger partial charge in [0.25, 0.3) is 0 Å². The minimum atomic E-state index is -1.38. The summed E-state index contributed by atoms with van der Waals surface area (Å²) >= 11 is 0. The lowest BCUT2D eigenvalue weighted by Crippen LogP contribution is -2.50. The van der Waals surface area contributed by atoms with Gasteiger partial charge in [0.15, 0.2) is 5.78 Å². The van der Waals surface area contributed by atoms with Crippen molar-refractivity contribution in [2.45, 2.75) is 65.6 Å². The van der Waals surface area contributed by atoms with E-state index < -0.39 is 23.6 Å². The van der Waals surface area contributed by atoms with E-state index in [1.807, 2.05) is 32.9 Å². The average molecular weight is 348 g/mol. The van der Waals surface area contributed by atoms with Crippen LogP contribution >= 0.6 is 0 Å². The second-order valence-electron chi connectivity index (χ2n) is 7.16. The number of aliphatic hydroxyl groups excluding tert-OH is 2. The Balaban J connectivity index is 2.35. The van der Waals surface area contributed by atoms with E-state index in [9.17, 15) is 19.8 Å². The molecule has 0 heterocycles. The van der Waals surface area contributed by atoms with Crippen LogP contribution in [0.15, 0.2) is 12.1 Å². The first-order valence-electron chi connectivity index (χ1n) is 8.84. The predicted molar refractivity (Wildman–Crippen MR) is 94.3 cm³/mol. The highest BCUT2D eigenvalue weighted by Crippen LogP contribution is 2.40. The first-order valence-corrected chi connectivity index (χ1v) is 8.84. The molecule has 3 unspecified atom stereocenters. The quantitative estimate of drug-likeness (QED) is 0.629. The fourth-order valence-corrected chi connectivity index (χ4v) is 3.82. The summed E-state index contributed by atoms with van der Waals surface area (Å²) in [5, 5.41) is 19.9. The fourth-order valence-electron chi connectivity index (χ4n) is 3.82. The number of ketones is 1. The lowest BCUT2D eigenvalue weighted by molar-refractivity contribution is -0.168. The third-order valence-corrected chi connectivity index (χ3v) is 5.25. The van der Waals surface area contributed by atoms with E-state index in [-0.39, 0.29) is 38.1 Å². The highest BCUT2D eigenvalue weighted by molar-refractivity contribution is 6.05. The monoisotopic (exact) mass is 348 g/mol. The summed E-state index contributed by atoms with van der Waals surface area (Å²) in [6, 6.07) is 4.04. The molecule has 5 heteroatoms. The number of aryl methyl sites for hydroxylation is 3. The number of esters is 1. The number of benzene rings is 1. The maximum absolute atomic E-state index is 13.2. The molecule has 1 aliphatic rings. The maximum atomic E-state index is 13.2. The zero-order valence-corrected chi connectivity index (χ0v) is 15.5. The van der Waals surface area contributed by atoms with Gasteiger partial charge in [-0.3, -0.25) is 9.59 Å². The highest BCUT2D eigenvalue weighted by Gasteiger charge is 2.51. The number of hydrogen-bond acceptors (Lipinski definition) is 5. The molecule has 1 fully saturated rings. The highest BCUT2D eigenvalue weighted by atomic mass is 16.5. The van der Waals surface area contributed by atoms with Crippen molar-refractivity contribution in [1.82, 2.24) is 0 Å². The van der Waals surface area contributed by atoms with Gasteiger partial charge < -0.3 is 14.9 Å². The van der Waals surface area contributed by atoms with Crippen molar-refractivity contribution in [2.75, 3.05) is 6.61 Å². The number of carbonyl (C=O) groups excluding carboxylic acids is 2. The van der Waals surface area contributed by atoms with Crippen molar-refractivity contribution in [1.29, 1.82) is 0 Å². The molecule has 1 aliphatic carbocycles. The van der Waals surface area contributed by atoms with Gasteiger partial charge in [0.1, 0.15) is 5.41 Å². The Morgan fingerprint density at radius 3 is 2.28 bits per heavy atom. The van der Waals surface area contributed by atoms with Crippen LogP contribution in [0.2, 0.25) is 0 Å². The topological polar surface area (TPSA) is 83.8 Å². The van der Waals surface area contributed by atoms with Gasteiger partial charge in [0.2, 0.25) is 0 Å². The second-order valence-corrected chi connectivity index (χ2v) is 7.16. The number of carbonyl (C=O) groups is 2. The van der Waals surface area contributed by atoms with Crippen molar-refractivity contribution in [2.24, 2.45) is 5.41 Å². The van der Waals surface area contributed by atoms with Crippen molar-refractivity contribution in [3.63, 3.8) is 0 Å². The van der Waals surface area contributed by atoms with Crippen LogP contribution in [-0.2, 0) is 20.7 Å². The fraction of sp³-hybridized carbons (Fsp3) is 0.600. The number of aliphatic hydroxyl groups is 2. The van der Waals surface area contributed by atoms with Crippen LogP contribution < -0.4 is 0 Å². The zero-order valence-electron chi connectivity index (χ0n) is 15.5. The van der Waals surface area contributed by atoms with Crippen molar-refractivity contribution in [3.05, 3.63) is 34.4 Å². The molecule has 25 heavy (non-hydrogen) atoms. The molecule has 2 N–H and O–H groups in total. The lowest BCUT2D eigenvalue weighted by atomic mass is 9.67. The maximum Gasteiger partial charge on any atom is 0.319 e. The Morgan fingerprint density at radius 1 is 1.16 bits per heavy atom. The Bertz CT molecular complexity index is 643. The van der Waals surface area contributed by atoms with Gasteiger partial charge in [0, 0.05) is 6.42 Å². The van der Waals surface area contributed by atoms with Crippen LogP contribution in [0.1, 0.15) is 48.4 Å². The van der Waals surface area contributed by atoms with Gasteiger partial charge in [-0.25, -0.2) is 0 Å². The van der Waals surface area contributed by atoms with Crippen molar-refractivity contribution < 1.29 is 24.5 Å². The smallest absolute Gasteiger partial charge is 0.319 e. The largest absolute Gasteiger partial charge is 0.465 e. The molecule has 0 radical (unpaired) electrons. The summed E-state index contributed by atoms with van der Waals surface area (Å²) in [6.07, 6.45) is -1.56. The first-order chi connectivity index (χ1) is 11.7. The van der Waals surface area contributed by atoms with E-state index >= 15 is 0 Å². The molecular weight excluding hydrogens is 320 g/mol. The van der Waals surface area contributed by atoms with Gasteiger partial charge in [-0.2, -0.15) is 0 Å². The molecule has 1 aromatic carbocycles. The predicted octanol–water partition coefficient (Wildman–Crippen LogP) is 2.18. The summed E-state index contributed by atoms with van der Waals surface area (Å²) in [5.41, 5.74) is 2.70. The molecule has 0 spiro atoms. The van der Waals surface area contributed by atoms with E-state index in [0.29, 0.717) is 0 Å². The van der Waals surface area contributed by atoms with Crippen molar-refractivity contribution >= 4 is 11.8 Å². The third kappa shape index (κ3) is 3.93. The van der Waals surface area contributed by atoms with Crippen LogP contribution in [0.3, 0.4) is 0 Å².